The van der Waals surface area contributed by atoms with Gasteiger partial charge in [-0.1, -0.05) is 97.1 Å². The predicted molar refractivity (Wildman–Crippen MR) is 182 cm³/mol. The van der Waals surface area contributed by atoms with Gasteiger partial charge in [0.25, 0.3) is 11.8 Å². The van der Waals surface area contributed by atoms with Crippen molar-refractivity contribution in [3.63, 3.8) is 0 Å². The molecule has 0 spiro atoms. The van der Waals surface area contributed by atoms with E-state index in [2.05, 4.69) is 16.7 Å². The number of hydrogen-bond acceptors (Lipinski definition) is 4. The lowest BCUT2D eigenvalue weighted by Gasteiger charge is -2.17. The van der Waals surface area contributed by atoms with Crippen LogP contribution in [0.5, 0.6) is 0 Å². The molecule has 45 heavy (non-hydrogen) atoms. The zero-order valence-electron chi connectivity index (χ0n) is 24.5. The number of thioether (sulfide) groups is 1. The Bertz CT molecular complexity index is 1860. The summed E-state index contributed by atoms with van der Waals surface area (Å²) in [5.41, 5.74) is 6.19. The van der Waals surface area contributed by atoms with Crippen LogP contribution in [0.4, 0.5) is 11.4 Å². The van der Waals surface area contributed by atoms with E-state index in [1.807, 2.05) is 102 Å². The fourth-order valence-electron chi connectivity index (χ4n) is 5.19. The molecule has 0 bridgehead atoms. The van der Waals surface area contributed by atoms with Crippen molar-refractivity contribution in [2.24, 2.45) is 0 Å². The summed E-state index contributed by atoms with van der Waals surface area (Å²) >= 11 is 1.42. The fourth-order valence-corrected chi connectivity index (χ4v) is 6.02. The molecule has 5 aromatic carbocycles. The van der Waals surface area contributed by atoms with Crippen molar-refractivity contribution < 1.29 is 14.4 Å². The van der Waals surface area contributed by atoms with E-state index in [-0.39, 0.29) is 23.3 Å². The first kappa shape index (κ1) is 29.7. The molecule has 6 rings (SSSR count). The van der Waals surface area contributed by atoms with Gasteiger partial charge in [-0.05, 0) is 71.1 Å². The molecule has 0 saturated carbocycles. The van der Waals surface area contributed by atoms with Crippen molar-refractivity contribution in [3.8, 4) is 11.1 Å². The van der Waals surface area contributed by atoms with E-state index in [4.69, 9.17) is 0 Å². The van der Waals surface area contributed by atoms with Crippen molar-refractivity contribution in [2.75, 3.05) is 22.5 Å². The first-order chi connectivity index (χ1) is 22.0. The predicted octanol–water partition coefficient (Wildman–Crippen LogP) is 7.44. The highest BCUT2D eigenvalue weighted by atomic mass is 32.2. The van der Waals surface area contributed by atoms with Crippen LogP contribution in [0.2, 0.25) is 0 Å². The lowest BCUT2D eigenvalue weighted by Crippen LogP contribution is -2.30. The summed E-state index contributed by atoms with van der Waals surface area (Å²) in [6.45, 7) is 0.688. The summed E-state index contributed by atoms with van der Waals surface area (Å²) in [7, 11) is 0. The van der Waals surface area contributed by atoms with Crippen LogP contribution in [-0.4, -0.2) is 30.0 Å². The van der Waals surface area contributed by atoms with Crippen molar-refractivity contribution in [1.82, 2.24) is 5.32 Å². The Balaban J connectivity index is 1.17. The largest absolute Gasteiger partial charge is 0.321 e. The Hall–Kier alpha value is -5.40. The molecule has 0 aliphatic carbocycles. The molecular weight excluding hydrogens is 579 g/mol. The molecule has 3 amide bonds. The third-order valence-corrected chi connectivity index (χ3v) is 8.48. The van der Waals surface area contributed by atoms with Crippen LogP contribution < -0.4 is 15.5 Å². The molecule has 7 heteroatoms. The van der Waals surface area contributed by atoms with Crippen LogP contribution in [0.15, 0.2) is 144 Å². The van der Waals surface area contributed by atoms with Crippen LogP contribution in [0, 0.1) is 0 Å². The van der Waals surface area contributed by atoms with Crippen LogP contribution in [-0.2, 0) is 16.0 Å². The number of rotatable bonds is 9. The highest BCUT2D eigenvalue weighted by Crippen LogP contribution is 2.29. The van der Waals surface area contributed by atoms with E-state index in [0.29, 0.717) is 17.8 Å². The van der Waals surface area contributed by atoms with E-state index in [0.717, 1.165) is 33.7 Å². The Morgan fingerprint density at radius 2 is 1.42 bits per heavy atom. The molecule has 0 fully saturated rings. The van der Waals surface area contributed by atoms with Gasteiger partial charge in [0.1, 0.15) is 5.70 Å². The number of fused-ring (bicyclic) bond motifs is 1. The second-order valence-electron chi connectivity index (χ2n) is 10.6. The van der Waals surface area contributed by atoms with Gasteiger partial charge in [0.05, 0.1) is 5.75 Å². The van der Waals surface area contributed by atoms with Gasteiger partial charge < -0.3 is 15.5 Å². The van der Waals surface area contributed by atoms with E-state index < -0.39 is 5.91 Å². The van der Waals surface area contributed by atoms with Crippen LogP contribution >= 0.6 is 11.8 Å². The van der Waals surface area contributed by atoms with Crippen molar-refractivity contribution in [1.29, 1.82) is 0 Å². The zero-order chi connectivity index (χ0) is 31.0. The molecule has 0 radical (unpaired) electrons. The summed E-state index contributed by atoms with van der Waals surface area (Å²) in [4.78, 5) is 42.3. The van der Waals surface area contributed by atoms with Gasteiger partial charge >= 0.3 is 0 Å². The van der Waals surface area contributed by atoms with Crippen molar-refractivity contribution in [3.05, 3.63) is 156 Å². The highest BCUT2D eigenvalue weighted by molar-refractivity contribution is 8.00. The normalized spacial score (nSPS) is 12.4. The highest BCUT2D eigenvalue weighted by Gasteiger charge is 2.24. The Kier molecular flexibility index (Phi) is 9.18. The Morgan fingerprint density at radius 3 is 2.20 bits per heavy atom. The number of amides is 3. The number of para-hydroxylation sites is 1. The molecule has 0 unspecified atom stereocenters. The quantitative estimate of drug-likeness (QED) is 0.134. The molecule has 6 nitrogen and oxygen atoms in total. The molecule has 1 heterocycles. The van der Waals surface area contributed by atoms with Crippen LogP contribution in [0.25, 0.3) is 17.2 Å². The molecule has 1 aliphatic rings. The number of nitrogens with zero attached hydrogens (tertiary/aromatic N) is 1. The topological polar surface area (TPSA) is 78.5 Å². The maximum absolute atomic E-state index is 13.6. The molecule has 2 N–H and O–H groups in total. The second-order valence-corrected chi connectivity index (χ2v) is 11.6. The van der Waals surface area contributed by atoms with E-state index in [9.17, 15) is 14.4 Å². The lowest BCUT2D eigenvalue weighted by molar-refractivity contribution is -0.116. The fraction of sp³-hybridized carbons (Fsp3) is 0.0789. The minimum atomic E-state index is -0.460. The monoisotopic (exact) mass is 609 g/mol. The average molecular weight is 610 g/mol. The van der Waals surface area contributed by atoms with E-state index >= 15 is 0 Å². The molecule has 1 aliphatic heterocycles. The number of anilines is 2. The molecule has 0 aromatic heterocycles. The summed E-state index contributed by atoms with van der Waals surface area (Å²) in [5, 5.41) is 5.72. The zero-order valence-corrected chi connectivity index (χ0v) is 25.3. The summed E-state index contributed by atoms with van der Waals surface area (Å²) in [6.07, 6.45) is 2.53. The van der Waals surface area contributed by atoms with Gasteiger partial charge in [-0.25, -0.2) is 0 Å². The first-order valence-corrected chi connectivity index (χ1v) is 15.7. The van der Waals surface area contributed by atoms with Gasteiger partial charge in [0, 0.05) is 28.4 Å². The molecule has 0 saturated heterocycles. The standard InChI is InChI=1S/C38H31N3O3S/c42-36(41-23-22-30-12-7-8-17-35(30)41)26-45-33-16-9-15-32(25-33)39-38(44)34(40-37(43)31-13-5-2-6-14-31)24-27-18-20-29(21-19-27)28-10-3-1-4-11-28/h1-21,24-25H,22-23,26H2,(H,39,44)(H,40,43)/b34-24-. The SMILES string of the molecule is O=C(Nc1cccc(SCC(=O)N2CCc3ccccc32)c1)/C(=C/c1ccc(-c2ccccc2)cc1)NC(=O)c1ccccc1. The average Bonchev–Trinajstić information content (AvgIpc) is 3.53. The number of carbonyl (C=O) groups is 3. The molecule has 5 aromatic rings. The lowest BCUT2D eigenvalue weighted by atomic mass is 10.0. The third kappa shape index (κ3) is 7.40. The van der Waals surface area contributed by atoms with Crippen molar-refractivity contribution in [2.45, 2.75) is 11.3 Å². The summed E-state index contributed by atoms with van der Waals surface area (Å²) in [5.74, 6) is -0.516. The maximum atomic E-state index is 13.6. The number of nitrogens with one attached hydrogen (secondary N) is 2. The smallest absolute Gasteiger partial charge is 0.272 e. The Morgan fingerprint density at radius 1 is 0.733 bits per heavy atom. The first-order valence-electron chi connectivity index (χ1n) is 14.7. The second kappa shape index (κ2) is 13.9. The molecule has 0 atom stereocenters. The van der Waals surface area contributed by atoms with Crippen LogP contribution in [0.3, 0.4) is 0 Å². The minimum Gasteiger partial charge on any atom is -0.321 e. The van der Waals surface area contributed by atoms with Crippen LogP contribution in [0.1, 0.15) is 21.5 Å². The van der Waals surface area contributed by atoms with Gasteiger partial charge in [0.15, 0.2) is 0 Å². The number of hydrogen-bond donors (Lipinski definition) is 2. The molecule has 222 valence electrons. The summed E-state index contributed by atoms with van der Waals surface area (Å²) in [6, 6.07) is 42.0. The van der Waals surface area contributed by atoms with Gasteiger partial charge in [-0.15, -0.1) is 11.8 Å². The van der Waals surface area contributed by atoms with E-state index in [1.165, 1.54) is 17.3 Å². The number of carbonyl (C=O) groups excluding carboxylic acids is 3. The summed E-state index contributed by atoms with van der Waals surface area (Å²) < 4.78 is 0. The van der Waals surface area contributed by atoms with Gasteiger partial charge in [0.2, 0.25) is 5.91 Å². The third-order valence-electron chi connectivity index (χ3n) is 7.50. The number of benzene rings is 5. The van der Waals surface area contributed by atoms with Gasteiger partial charge in [-0.3, -0.25) is 14.4 Å². The molecular formula is C38H31N3O3S. The van der Waals surface area contributed by atoms with Crippen molar-refractivity contribution >= 4 is 46.9 Å². The maximum Gasteiger partial charge on any atom is 0.272 e. The van der Waals surface area contributed by atoms with Gasteiger partial charge in [-0.2, -0.15) is 0 Å². The Labute approximate surface area is 266 Å². The minimum absolute atomic E-state index is 0.0477. The van der Waals surface area contributed by atoms with E-state index in [1.54, 1.807) is 36.4 Å².